The molecule has 3 heterocycles. The van der Waals surface area contributed by atoms with Crippen LogP contribution in [0, 0.1) is 6.92 Å². The Labute approximate surface area is 120 Å². The molecular formula is C13H16N3O5. The lowest BCUT2D eigenvalue weighted by Gasteiger charge is -2.24. The standard InChI is InChI=1S/C13H16N3O5/c1-6-8-9(21-13(2,3)20-8)12(19-6)16-5-4-15-7(10(14)17)11(16)18/h4-6,8-9,12H,1H2,2-3H3,(H2,14,17)/t6-,8-,9-,12-/m1/s1. The number of carbonyl (C=O) groups excluding carboxylic acids is 1. The molecule has 2 N–H and O–H groups in total. The average Bonchev–Trinajstić information content (AvgIpc) is 2.85. The number of hydrogen-bond acceptors (Lipinski definition) is 6. The highest BCUT2D eigenvalue weighted by Crippen LogP contribution is 2.42. The summed E-state index contributed by atoms with van der Waals surface area (Å²) >= 11 is 0. The first-order chi connectivity index (χ1) is 9.80. The number of fused-ring (bicyclic) bond motifs is 1. The molecule has 8 nitrogen and oxygen atoms in total. The van der Waals surface area contributed by atoms with E-state index in [0.29, 0.717) is 0 Å². The van der Waals surface area contributed by atoms with E-state index in [9.17, 15) is 9.59 Å². The van der Waals surface area contributed by atoms with E-state index in [1.54, 1.807) is 13.8 Å². The van der Waals surface area contributed by atoms with E-state index in [1.165, 1.54) is 17.0 Å². The van der Waals surface area contributed by atoms with Gasteiger partial charge < -0.3 is 19.9 Å². The highest BCUT2D eigenvalue weighted by Gasteiger charge is 2.54. The van der Waals surface area contributed by atoms with Crippen molar-refractivity contribution in [3.05, 3.63) is 35.4 Å². The Morgan fingerprint density at radius 2 is 2.10 bits per heavy atom. The number of carbonyl (C=O) groups is 1. The zero-order valence-corrected chi connectivity index (χ0v) is 11.7. The van der Waals surface area contributed by atoms with E-state index in [2.05, 4.69) is 11.9 Å². The molecule has 2 aliphatic rings. The third-order valence-corrected chi connectivity index (χ3v) is 3.50. The van der Waals surface area contributed by atoms with Gasteiger partial charge in [-0.05, 0) is 20.8 Å². The van der Waals surface area contributed by atoms with Crippen molar-refractivity contribution in [1.29, 1.82) is 0 Å². The Balaban J connectivity index is 2.00. The van der Waals surface area contributed by atoms with Gasteiger partial charge in [0.1, 0.15) is 12.2 Å². The average molecular weight is 294 g/mol. The molecule has 0 spiro atoms. The van der Waals surface area contributed by atoms with Crippen LogP contribution in [0.5, 0.6) is 0 Å². The van der Waals surface area contributed by atoms with Crippen LogP contribution in [0.4, 0.5) is 0 Å². The van der Waals surface area contributed by atoms with Gasteiger partial charge in [-0.3, -0.25) is 14.2 Å². The molecule has 1 aromatic rings. The third kappa shape index (κ3) is 2.25. The van der Waals surface area contributed by atoms with Crippen LogP contribution >= 0.6 is 0 Å². The summed E-state index contributed by atoms with van der Waals surface area (Å²) < 4.78 is 18.4. The summed E-state index contributed by atoms with van der Waals surface area (Å²) in [6.07, 6.45) is 0.623. The van der Waals surface area contributed by atoms with Gasteiger partial charge in [-0.2, -0.15) is 0 Å². The van der Waals surface area contributed by atoms with Crippen LogP contribution in [-0.4, -0.2) is 39.6 Å². The van der Waals surface area contributed by atoms with E-state index < -0.39 is 35.7 Å². The molecule has 0 aliphatic carbocycles. The van der Waals surface area contributed by atoms with Crippen molar-refractivity contribution in [3.8, 4) is 0 Å². The summed E-state index contributed by atoms with van der Waals surface area (Å²) in [5.74, 6) is -1.67. The first-order valence-electron chi connectivity index (χ1n) is 6.51. The molecule has 1 amide bonds. The Morgan fingerprint density at radius 1 is 1.43 bits per heavy atom. The fraction of sp³-hybridized carbons (Fsp3) is 0.538. The molecule has 2 aliphatic heterocycles. The van der Waals surface area contributed by atoms with Crippen molar-refractivity contribution in [2.75, 3.05) is 0 Å². The summed E-state index contributed by atoms with van der Waals surface area (Å²) in [6, 6.07) is 0. The second-order valence-electron chi connectivity index (χ2n) is 5.48. The predicted molar refractivity (Wildman–Crippen MR) is 70.1 cm³/mol. The van der Waals surface area contributed by atoms with Crippen molar-refractivity contribution < 1.29 is 19.0 Å². The largest absolute Gasteiger partial charge is 0.364 e. The topological polar surface area (TPSA) is 106 Å². The SMILES string of the molecule is [CH2][C@H]1O[C@@H](n2ccnc(C(N)=O)c2=O)[C@@H]2OC(C)(C)O[C@@H]21. The molecule has 1 aromatic heterocycles. The number of primary amides is 1. The Bertz CT molecular complexity index is 641. The molecule has 0 bridgehead atoms. The van der Waals surface area contributed by atoms with Gasteiger partial charge in [0, 0.05) is 12.4 Å². The molecule has 4 atom stereocenters. The van der Waals surface area contributed by atoms with Crippen molar-refractivity contribution in [1.82, 2.24) is 9.55 Å². The Morgan fingerprint density at radius 3 is 2.76 bits per heavy atom. The summed E-state index contributed by atoms with van der Waals surface area (Å²) in [5, 5.41) is 0. The lowest BCUT2D eigenvalue weighted by molar-refractivity contribution is -0.192. The van der Waals surface area contributed by atoms with Crippen molar-refractivity contribution >= 4 is 5.91 Å². The molecule has 113 valence electrons. The number of nitrogens with zero attached hydrogens (tertiary/aromatic N) is 2. The maximum absolute atomic E-state index is 12.3. The maximum atomic E-state index is 12.3. The minimum Gasteiger partial charge on any atom is -0.364 e. The minimum atomic E-state index is -0.890. The zero-order valence-electron chi connectivity index (χ0n) is 11.7. The quantitative estimate of drug-likeness (QED) is 0.795. The summed E-state index contributed by atoms with van der Waals surface area (Å²) in [7, 11) is 0. The predicted octanol–water partition coefficient (Wildman–Crippen LogP) is -0.406. The van der Waals surface area contributed by atoms with Crippen LogP contribution in [0.25, 0.3) is 0 Å². The molecule has 8 heteroatoms. The van der Waals surface area contributed by atoms with E-state index in [4.69, 9.17) is 19.9 Å². The van der Waals surface area contributed by atoms with Crippen LogP contribution in [-0.2, 0) is 14.2 Å². The molecule has 3 rings (SSSR count). The van der Waals surface area contributed by atoms with Gasteiger partial charge in [0.2, 0.25) is 0 Å². The van der Waals surface area contributed by atoms with Crippen molar-refractivity contribution in [2.24, 2.45) is 5.73 Å². The monoisotopic (exact) mass is 294 g/mol. The van der Waals surface area contributed by atoms with E-state index in [1.807, 2.05) is 0 Å². The van der Waals surface area contributed by atoms with E-state index >= 15 is 0 Å². The molecule has 21 heavy (non-hydrogen) atoms. The lowest BCUT2D eigenvalue weighted by atomic mass is 10.1. The van der Waals surface area contributed by atoms with Crippen LogP contribution < -0.4 is 11.3 Å². The van der Waals surface area contributed by atoms with Gasteiger partial charge in [0.05, 0.1) is 6.10 Å². The summed E-state index contributed by atoms with van der Waals surface area (Å²) in [4.78, 5) is 27.2. The Kier molecular flexibility index (Phi) is 3.12. The zero-order chi connectivity index (χ0) is 15.4. The van der Waals surface area contributed by atoms with Gasteiger partial charge in [-0.25, -0.2) is 4.98 Å². The molecule has 2 saturated heterocycles. The van der Waals surface area contributed by atoms with Crippen LogP contribution in [0.2, 0.25) is 0 Å². The van der Waals surface area contributed by atoms with Crippen LogP contribution in [0.15, 0.2) is 17.2 Å². The normalized spacial score (nSPS) is 33.9. The van der Waals surface area contributed by atoms with Crippen LogP contribution in [0.1, 0.15) is 30.6 Å². The van der Waals surface area contributed by atoms with Crippen molar-refractivity contribution in [3.63, 3.8) is 0 Å². The number of aromatic nitrogens is 2. The molecule has 0 unspecified atom stereocenters. The first kappa shape index (κ1) is 14.2. The Hall–Kier alpha value is -1.77. The number of ether oxygens (including phenoxy) is 3. The van der Waals surface area contributed by atoms with E-state index in [-0.39, 0.29) is 11.8 Å². The second kappa shape index (κ2) is 4.62. The fourth-order valence-corrected chi connectivity index (χ4v) is 2.68. The smallest absolute Gasteiger partial charge is 0.284 e. The molecule has 0 saturated carbocycles. The number of amides is 1. The molecule has 2 fully saturated rings. The highest BCUT2D eigenvalue weighted by atomic mass is 16.8. The van der Waals surface area contributed by atoms with Gasteiger partial charge in [0.15, 0.2) is 17.7 Å². The fourth-order valence-electron chi connectivity index (χ4n) is 2.68. The molecule has 0 aromatic carbocycles. The van der Waals surface area contributed by atoms with Gasteiger partial charge in [-0.1, -0.05) is 0 Å². The maximum Gasteiger partial charge on any atom is 0.284 e. The highest BCUT2D eigenvalue weighted by molar-refractivity contribution is 5.90. The first-order valence-corrected chi connectivity index (χ1v) is 6.51. The number of hydrogen-bond donors (Lipinski definition) is 1. The van der Waals surface area contributed by atoms with Gasteiger partial charge in [-0.15, -0.1) is 0 Å². The van der Waals surface area contributed by atoms with Gasteiger partial charge in [0.25, 0.3) is 11.5 Å². The van der Waals surface area contributed by atoms with Gasteiger partial charge >= 0.3 is 0 Å². The minimum absolute atomic E-state index is 0.344. The molecular weight excluding hydrogens is 278 g/mol. The molecule has 1 radical (unpaired) electrons. The lowest BCUT2D eigenvalue weighted by Crippen LogP contribution is -2.37. The van der Waals surface area contributed by atoms with E-state index in [0.717, 1.165) is 0 Å². The third-order valence-electron chi connectivity index (χ3n) is 3.50. The van der Waals surface area contributed by atoms with Crippen molar-refractivity contribution in [2.45, 2.75) is 44.2 Å². The van der Waals surface area contributed by atoms with Crippen LogP contribution in [0.3, 0.4) is 0 Å². The summed E-state index contributed by atoms with van der Waals surface area (Å²) in [5.41, 5.74) is 4.16. The summed E-state index contributed by atoms with van der Waals surface area (Å²) in [6.45, 7) is 7.41. The second-order valence-corrected chi connectivity index (χ2v) is 5.48. The number of nitrogens with two attached hydrogens (primary N) is 1. The number of rotatable bonds is 2.